The number of hydrogen-bond donors (Lipinski definition) is 3. The standard InChI is InChI=1S/C15H28N4O/c1-3-7-15(12-16,8-4-2)14(20)19-9-5-6-13-17-10-11-18-13/h10-11H,3-9,12,16H2,1-2H3,(H,17,18)(H,19,20). The molecule has 114 valence electrons. The van der Waals surface area contributed by atoms with Crippen molar-refractivity contribution in [3.63, 3.8) is 0 Å². The zero-order valence-corrected chi connectivity index (χ0v) is 12.7. The average molecular weight is 280 g/mol. The molecule has 0 atom stereocenters. The van der Waals surface area contributed by atoms with E-state index in [0.29, 0.717) is 13.1 Å². The zero-order chi connectivity index (χ0) is 14.8. The van der Waals surface area contributed by atoms with Gasteiger partial charge in [-0.25, -0.2) is 4.98 Å². The smallest absolute Gasteiger partial charge is 0.227 e. The van der Waals surface area contributed by atoms with E-state index in [0.717, 1.165) is 44.3 Å². The molecule has 0 saturated heterocycles. The molecule has 4 N–H and O–H groups in total. The third-order valence-corrected chi connectivity index (χ3v) is 3.76. The summed E-state index contributed by atoms with van der Waals surface area (Å²) in [4.78, 5) is 19.7. The van der Waals surface area contributed by atoms with Crippen molar-refractivity contribution in [3.05, 3.63) is 18.2 Å². The summed E-state index contributed by atoms with van der Waals surface area (Å²) in [6.45, 7) is 5.31. The van der Waals surface area contributed by atoms with Gasteiger partial charge in [-0.3, -0.25) is 4.79 Å². The molecule has 0 aliphatic heterocycles. The number of carbonyl (C=O) groups excluding carboxylic acids is 1. The molecular weight excluding hydrogens is 252 g/mol. The van der Waals surface area contributed by atoms with Gasteiger partial charge in [-0.05, 0) is 19.3 Å². The molecule has 0 unspecified atom stereocenters. The Balaban J connectivity index is 2.41. The first kappa shape index (κ1) is 16.7. The van der Waals surface area contributed by atoms with Crippen LogP contribution in [0.5, 0.6) is 0 Å². The highest BCUT2D eigenvalue weighted by atomic mass is 16.2. The Labute approximate surface area is 121 Å². The van der Waals surface area contributed by atoms with Gasteiger partial charge in [-0.1, -0.05) is 26.7 Å². The fourth-order valence-corrected chi connectivity index (χ4v) is 2.69. The molecular formula is C15H28N4O. The summed E-state index contributed by atoms with van der Waals surface area (Å²) in [5.41, 5.74) is 5.51. The van der Waals surface area contributed by atoms with Gasteiger partial charge in [0.05, 0.1) is 5.41 Å². The van der Waals surface area contributed by atoms with Gasteiger partial charge in [-0.15, -0.1) is 0 Å². The Morgan fingerprint density at radius 1 is 1.40 bits per heavy atom. The molecule has 0 aliphatic rings. The first-order valence-electron chi connectivity index (χ1n) is 7.65. The van der Waals surface area contributed by atoms with Crippen LogP contribution in [0.1, 0.15) is 51.8 Å². The molecule has 0 spiro atoms. The number of rotatable bonds is 10. The number of amides is 1. The maximum atomic E-state index is 12.4. The molecule has 20 heavy (non-hydrogen) atoms. The number of carbonyl (C=O) groups is 1. The van der Waals surface area contributed by atoms with Crippen LogP contribution in [-0.2, 0) is 11.2 Å². The third kappa shape index (κ3) is 4.63. The van der Waals surface area contributed by atoms with Crippen LogP contribution >= 0.6 is 0 Å². The summed E-state index contributed by atoms with van der Waals surface area (Å²) in [6, 6.07) is 0. The predicted molar refractivity (Wildman–Crippen MR) is 81.2 cm³/mol. The maximum absolute atomic E-state index is 12.4. The predicted octanol–water partition coefficient (Wildman–Crippen LogP) is 2.00. The summed E-state index contributed by atoms with van der Waals surface area (Å²) in [5.74, 6) is 1.08. The van der Waals surface area contributed by atoms with Crippen molar-refractivity contribution < 1.29 is 4.79 Å². The lowest BCUT2D eigenvalue weighted by molar-refractivity contribution is -0.131. The van der Waals surface area contributed by atoms with Gasteiger partial charge in [-0.2, -0.15) is 0 Å². The van der Waals surface area contributed by atoms with Crippen LogP contribution in [0.15, 0.2) is 12.4 Å². The Morgan fingerprint density at radius 2 is 2.10 bits per heavy atom. The van der Waals surface area contributed by atoms with Gasteiger partial charge < -0.3 is 16.0 Å². The second kappa shape index (κ2) is 8.74. The monoisotopic (exact) mass is 280 g/mol. The minimum Gasteiger partial charge on any atom is -0.356 e. The number of nitrogens with zero attached hydrogens (tertiary/aromatic N) is 1. The average Bonchev–Trinajstić information content (AvgIpc) is 2.96. The Bertz CT molecular complexity index is 369. The topological polar surface area (TPSA) is 83.8 Å². The van der Waals surface area contributed by atoms with Crippen LogP contribution in [0.2, 0.25) is 0 Å². The number of imidazole rings is 1. The number of aromatic nitrogens is 2. The summed E-state index contributed by atoms with van der Waals surface area (Å²) in [7, 11) is 0. The van der Waals surface area contributed by atoms with Crippen LogP contribution in [-0.4, -0.2) is 29.0 Å². The summed E-state index contributed by atoms with van der Waals surface area (Å²) >= 11 is 0. The van der Waals surface area contributed by atoms with E-state index in [1.807, 2.05) is 6.20 Å². The fourth-order valence-electron chi connectivity index (χ4n) is 2.69. The summed E-state index contributed by atoms with van der Waals surface area (Å²) in [5, 5.41) is 3.05. The molecule has 1 aromatic rings. The van der Waals surface area contributed by atoms with Crippen LogP contribution in [0.4, 0.5) is 0 Å². The molecule has 1 heterocycles. The molecule has 0 saturated carbocycles. The SMILES string of the molecule is CCCC(CN)(CCC)C(=O)NCCCc1ncc[nH]1. The van der Waals surface area contributed by atoms with Gasteiger partial charge in [0, 0.05) is 31.9 Å². The summed E-state index contributed by atoms with van der Waals surface area (Å²) < 4.78 is 0. The molecule has 0 fully saturated rings. The number of nitrogens with one attached hydrogen (secondary N) is 2. The molecule has 0 radical (unpaired) electrons. The van der Waals surface area contributed by atoms with E-state index in [1.165, 1.54) is 0 Å². The number of H-pyrrole nitrogens is 1. The third-order valence-electron chi connectivity index (χ3n) is 3.76. The van der Waals surface area contributed by atoms with Gasteiger partial charge in [0.1, 0.15) is 5.82 Å². The second-order valence-electron chi connectivity index (χ2n) is 5.38. The largest absolute Gasteiger partial charge is 0.356 e. The van der Waals surface area contributed by atoms with Crippen LogP contribution < -0.4 is 11.1 Å². The van der Waals surface area contributed by atoms with Gasteiger partial charge in [0.25, 0.3) is 0 Å². The lowest BCUT2D eigenvalue weighted by Gasteiger charge is -2.30. The van der Waals surface area contributed by atoms with E-state index >= 15 is 0 Å². The summed E-state index contributed by atoms with van der Waals surface area (Å²) in [6.07, 6.45) is 8.99. The van der Waals surface area contributed by atoms with E-state index in [4.69, 9.17) is 5.73 Å². The van der Waals surface area contributed by atoms with Crippen molar-refractivity contribution in [1.29, 1.82) is 0 Å². The first-order valence-corrected chi connectivity index (χ1v) is 7.65. The molecule has 1 aromatic heterocycles. The van der Waals surface area contributed by atoms with Crippen molar-refractivity contribution >= 4 is 5.91 Å². The fraction of sp³-hybridized carbons (Fsp3) is 0.733. The molecule has 5 nitrogen and oxygen atoms in total. The lowest BCUT2D eigenvalue weighted by atomic mass is 9.78. The van der Waals surface area contributed by atoms with Crippen LogP contribution in [0.25, 0.3) is 0 Å². The normalized spacial score (nSPS) is 11.6. The lowest BCUT2D eigenvalue weighted by Crippen LogP contribution is -2.46. The van der Waals surface area contributed by atoms with Crippen molar-refractivity contribution in [1.82, 2.24) is 15.3 Å². The molecule has 5 heteroatoms. The van der Waals surface area contributed by atoms with Crippen molar-refractivity contribution in [2.24, 2.45) is 11.1 Å². The highest BCUT2D eigenvalue weighted by Gasteiger charge is 2.34. The van der Waals surface area contributed by atoms with Gasteiger partial charge in [0.2, 0.25) is 5.91 Å². The maximum Gasteiger partial charge on any atom is 0.227 e. The number of aromatic amines is 1. The van der Waals surface area contributed by atoms with Crippen molar-refractivity contribution in [3.8, 4) is 0 Å². The van der Waals surface area contributed by atoms with E-state index < -0.39 is 0 Å². The Kier molecular flexibility index (Phi) is 7.30. The first-order chi connectivity index (χ1) is 9.68. The van der Waals surface area contributed by atoms with Crippen molar-refractivity contribution in [2.45, 2.75) is 52.4 Å². The van der Waals surface area contributed by atoms with Crippen LogP contribution in [0, 0.1) is 5.41 Å². The minimum absolute atomic E-state index is 0.114. The molecule has 0 aromatic carbocycles. The van der Waals surface area contributed by atoms with E-state index in [-0.39, 0.29) is 11.3 Å². The number of nitrogens with two attached hydrogens (primary N) is 1. The van der Waals surface area contributed by atoms with E-state index in [1.54, 1.807) is 6.20 Å². The highest BCUT2D eigenvalue weighted by Crippen LogP contribution is 2.28. The molecule has 1 rings (SSSR count). The molecule has 1 amide bonds. The number of hydrogen-bond acceptors (Lipinski definition) is 3. The highest BCUT2D eigenvalue weighted by molar-refractivity contribution is 5.82. The van der Waals surface area contributed by atoms with E-state index in [2.05, 4.69) is 29.1 Å². The van der Waals surface area contributed by atoms with Crippen molar-refractivity contribution in [2.75, 3.05) is 13.1 Å². The zero-order valence-electron chi connectivity index (χ0n) is 12.7. The Morgan fingerprint density at radius 3 is 2.60 bits per heavy atom. The van der Waals surface area contributed by atoms with E-state index in [9.17, 15) is 4.79 Å². The Hall–Kier alpha value is -1.36. The van der Waals surface area contributed by atoms with Gasteiger partial charge in [0.15, 0.2) is 0 Å². The van der Waals surface area contributed by atoms with Crippen LogP contribution in [0.3, 0.4) is 0 Å². The van der Waals surface area contributed by atoms with Gasteiger partial charge >= 0.3 is 0 Å². The quantitative estimate of drug-likeness (QED) is 0.573. The number of aryl methyl sites for hydroxylation is 1. The molecule has 0 bridgehead atoms. The molecule has 0 aliphatic carbocycles. The second-order valence-corrected chi connectivity index (χ2v) is 5.38. The minimum atomic E-state index is -0.381.